The minimum Gasteiger partial charge on any atom is -0.376 e. The van der Waals surface area contributed by atoms with Gasteiger partial charge in [-0.2, -0.15) is 0 Å². The lowest BCUT2D eigenvalue weighted by atomic mass is 11.5. The van der Waals surface area contributed by atoms with Crippen LogP contribution in [0.4, 0.5) is 0 Å². The van der Waals surface area contributed by atoms with Gasteiger partial charge < -0.3 is 8.85 Å². The summed E-state index contributed by atoms with van der Waals surface area (Å²) in [7, 11) is -0.395. The Bertz CT molecular complexity index is 14.0. The van der Waals surface area contributed by atoms with E-state index in [1.807, 2.05) is 0 Å². The molecular formula is CH4O2Si. The van der Waals surface area contributed by atoms with Crippen LogP contribution in [-0.4, -0.2) is 16.8 Å². The van der Waals surface area contributed by atoms with Crippen molar-refractivity contribution in [2.45, 2.75) is 0 Å². The molecule has 0 aromatic heterocycles. The minimum absolute atomic E-state index is 0.395. The lowest BCUT2D eigenvalue weighted by molar-refractivity contribution is 0.00920. The van der Waals surface area contributed by atoms with Crippen molar-refractivity contribution in [2.24, 2.45) is 0 Å². The summed E-state index contributed by atoms with van der Waals surface area (Å²) >= 11 is 0. The van der Waals surface area contributed by atoms with Crippen LogP contribution in [0, 0.1) is 0 Å². The maximum atomic E-state index is 4.64. The SMILES string of the molecule is C1O[SiH2]O1. The van der Waals surface area contributed by atoms with E-state index in [-0.39, 0.29) is 0 Å². The van der Waals surface area contributed by atoms with Gasteiger partial charge in [0.05, 0.1) is 0 Å². The first-order valence-electron chi connectivity index (χ1n) is 1.15. The zero-order valence-corrected chi connectivity index (χ0v) is 3.64. The second kappa shape index (κ2) is 0.837. The Labute approximate surface area is 26.8 Å². The van der Waals surface area contributed by atoms with Crippen molar-refractivity contribution in [3.8, 4) is 0 Å². The second-order valence-electron chi connectivity index (χ2n) is 0.644. The van der Waals surface area contributed by atoms with Gasteiger partial charge in [-0.25, -0.2) is 0 Å². The first-order valence-corrected chi connectivity index (χ1v) is 2.31. The van der Waals surface area contributed by atoms with Crippen LogP contribution in [0.3, 0.4) is 0 Å². The molecule has 0 N–H and O–H groups in total. The van der Waals surface area contributed by atoms with E-state index >= 15 is 0 Å². The molecule has 3 heteroatoms. The van der Waals surface area contributed by atoms with Crippen molar-refractivity contribution in [1.82, 2.24) is 0 Å². The largest absolute Gasteiger partial charge is 0.376 e. The maximum absolute atomic E-state index is 4.64. The summed E-state index contributed by atoms with van der Waals surface area (Å²) < 4.78 is 9.28. The molecule has 0 aliphatic carbocycles. The van der Waals surface area contributed by atoms with E-state index in [4.69, 9.17) is 0 Å². The Morgan fingerprint density at radius 2 is 1.75 bits per heavy atom. The molecule has 1 aliphatic rings. The molecule has 0 atom stereocenters. The third-order valence-corrected chi connectivity index (χ3v) is 1.00. The average Bonchev–Trinajstić information content (AvgIpc) is 0.722. The fourth-order valence-electron chi connectivity index (χ4n) is 0.0833. The van der Waals surface area contributed by atoms with Crippen LogP contribution in [0.25, 0.3) is 0 Å². The van der Waals surface area contributed by atoms with Crippen LogP contribution in [0.5, 0.6) is 0 Å². The molecule has 0 saturated carbocycles. The quantitative estimate of drug-likeness (QED) is 0.344. The van der Waals surface area contributed by atoms with Gasteiger partial charge in [-0.05, 0) is 0 Å². The Kier molecular flexibility index (Phi) is 0.498. The highest BCUT2D eigenvalue weighted by molar-refractivity contribution is 6.20. The van der Waals surface area contributed by atoms with Crippen LogP contribution < -0.4 is 0 Å². The zero-order chi connectivity index (χ0) is 2.83. The van der Waals surface area contributed by atoms with Gasteiger partial charge in [0, 0.05) is 0 Å². The Morgan fingerprint density at radius 3 is 1.75 bits per heavy atom. The van der Waals surface area contributed by atoms with E-state index < -0.39 is 10.0 Å². The van der Waals surface area contributed by atoms with Crippen molar-refractivity contribution < 1.29 is 8.85 Å². The average molecular weight is 76.1 g/mol. The highest BCUT2D eigenvalue weighted by Crippen LogP contribution is 1.83. The normalized spacial score (nSPS) is 24.0. The molecule has 0 amide bonds. The third kappa shape index (κ3) is 0.161. The molecule has 0 spiro atoms. The van der Waals surface area contributed by atoms with Gasteiger partial charge in [0.1, 0.15) is 6.79 Å². The molecule has 4 heavy (non-hydrogen) atoms. The van der Waals surface area contributed by atoms with Gasteiger partial charge in [-0.15, -0.1) is 0 Å². The van der Waals surface area contributed by atoms with Gasteiger partial charge in [0.2, 0.25) is 0 Å². The van der Waals surface area contributed by atoms with Gasteiger partial charge in [0.15, 0.2) is 0 Å². The van der Waals surface area contributed by atoms with Crippen LogP contribution in [0.1, 0.15) is 0 Å². The van der Waals surface area contributed by atoms with Crippen molar-refractivity contribution in [3.05, 3.63) is 0 Å². The molecule has 0 radical (unpaired) electrons. The summed E-state index contributed by atoms with van der Waals surface area (Å²) in [6.07, 6.45) is 0. The smallest absolute Gasteiger partial charge is 0.308 e. The van der Waals surface area contributed by atoms with E-state index in [1.165, 1.54) is 0 Å². The molecule has 0 aromatic rings. The van der Waals surface area contributed by atoms with Crippen LogP contribution in [-0.2, 0) is 8.85 Å². The molecule has 0 unspecified atom stereocenters. The topological polar surface area (TPSA) is 18.5 Å². The summed E-state index contributed by atoms with van der Waals surface area (Å²) in [6, 6.07) is 0. The first kappa shape index (κ1) is 2.38. The molecule has 0 bridgehead atoms. The monoisotopic (exact) mass is 76.0 g/mol. The lowest BCUT2D eigenvalue weighted by Crippen LogP contribution is -2.18. The molecule has 2 nitrogen and oxygen atoms in total. The Balaban J connectivity index is 2.00. The summed E-state index contributed by atoms with van der Waals surface area (Å²) in [4.78, 5) is 0. The van der Waals surface area contributed by atoms with E-state index in [0.29, 0.717) is 6.79 Å². The van der Waals surface area contributed by atoms with Crippen LogP contribution in [0.15, 0.2) is 0 Å². The van der Waals surface area contributed by atoms with E-state index in [9.17, 15) is 0 Å². The fourth-order valence-corrected chi connectivity index (χ4v) is 0.250. The summed E-state index contributed by atoms with van der Waals surface area (Å²) in [5, 5.41) is 0. The fraction of sp³-hybridized carbons (Fsp3) is 1.00. The van der Waals surface area contributed by atoms with E-state index in [1.54, 1.807) is 0 Å². The predicted molar refractivity (Wildman–Crippen MR) is 15.6 cm³/mol. The second-order valence-corrected chi connectivity index (χ2v) is 1.70. The molecule has 1 aliphatic heterocycles. The minimum atomic E-state index is -0.395. The molecule has 24 valence electrons. The number of rotatable bonds is 0. The molecule has 1 saturated heterocycles. The lowest BCUT2D eigenvalue weighted by Gasteiger charge is -2.10. The van der Waals surface area contributed by atoms with Gasteiger partial charge in [-0.1, -0.05) is 0 Å². The first-order chi connectivity index (χ1) is 2.00. The van der Waals surface area contributed by atoms with Gasteiger partial charge >= 0.3 is 10.0 Å². The molecule has 1 heterocycles. The predicted octanol–water partition coefficient (Wildman–Crippen LogP) is -1.01. The molecule has 1 fully saturated rings. The zero-order valence-electron chi connectivity index (χ0n) is 2.23. The highest BCUT2D eigenvalue weighted by Gasteiger charge is 1.95. The summed E-state index contributed by atoms with van der Waals surface area (Å²) in [5.74, 6) is 0. The third-order valence-electron chi connectivity index (χ3n) is 0.333. The number of hydrogen-bond donors (Lipinski definition) is 0. The Hall–Kier alpha value is 0.137. The van der Waals surface area contributed by atoms with Crippen LogP contribution in [0.2, 0.25) is 0 Å². The van der Waals surface area contributed by atoms with Crippen molar-refractivity contribution in [1.29, 1.82) is 0 Å². The maximum Gasteiger partial charge on any atom is 0.308 e. The molecule has 1 rings (SSSR count). The van der Waals surface area contributed by atoms with E-state index in [2.05, 4.69) is 8.85 Å². The van der Waals surface area contributed by atoms with Crippen LogP contribution >= 0.6 is 0 Å². The summed E-state index contributed by atoms with van der Waals surface area (Å²) in [6.45, 7) is 0.562. The number of hydrogen-bond acceptors (Lipinski definition) is 2. The van der Waals surface area contributed by atoms with E-state index in [0.717, 1.165) is 0 Å². The van der Waals surface area contributed by atoms with Crippen molar-refractivity contribution in [2.75, 3.05) is 6.79 Å². The van der Waals surface area contributed by atoms with Gasteiger partial charge in [-0.3, -0.25) is 0 Å². The van der Waals surface area contributed by atoms with Crippen molar-refractivity contribution >= 4 is 10.0 Å². The standard InChI is InChI=1S/CH4O2Si/c1-2-4-3-1/h1,4H2. The van der Waals surface area contributed by atoms with Gasteiger partial charge in [0.25, 0.3) is 0 Å². The molecule has 0 aromatic carbocycles. The Morgan fingerprint density at radius 1 is 1.50 bits per heavy atom. The summed E-state index contributed by atoms with van der Waals surface area (Å²) in [5.41, 5.74) is 0. The highest BCUT2D eigenvalue weighted by atomic mass is 28.3. The molecular weight excluding hydrogens is 72.1 g/mol. The van der Waals surface area contributed by atoms with Crippen molar-refractivity contribution in [3.63, 3.8) is 0 Å².